The summed E-state index contributed by atoms with van der Waals surface area (Å²) in [7, 11) is 1.28. The van der Waals surface area contributed by atoms with Crippen molar-refractivity contribution in [2.75, 3.05) is 7.11 Å². The molecule has 0 radical (unpaired) electrons. The Morgan fingerprint density at radius 3 is 2.57 bits per heavy atom. The Hall–Kier alpha value is -0.440. The van der Waals surface area contributed by atoms with Crippen molar-refractivity contribution in [3.8, 4) is 0 Å². The molecule has 0 aliphatic rings. The van der Waals surface area contributed by atoms with E-state index in [2.05, 4.69) is 4.74 Å². The number of carbonyl (C=O) groups excluding carboxylic acids is 1. The number of methoxy groups -OCH3 is 1. The minimum atomic E-state index is -0.777. The van der Waals surface area contributed by atoms with Crippen LogP contribution in [0.15, 0.2) is 18.2 Å². The summed E-state index contributed by atoms with van der Waals surface area (Å²) in [6.07, 6.45) is 0. The van der Waals surface area contributed by atoms with E-state index in [0.29, 0.717) is 10.6 Å². The first-order chi connectivity index (χ1) is 6.56. The van der Waals surface area contributed by atoms with E-state index < -0.39 is 10.8 Å². The van der Waals surface area contributed by atoms with E-state index in [0.717, 1.165) is 0 Å². The summed E-state index contributed by atoms with van der Waals surface area (Å²) in [6.45, 7) is 0. The minimum absolute atomic E-state index is 0.287. The van der Waals surface area contributed by atoms with Gasteiger partial charge in [-0.05, 0) is 17.7 Å². The van der Waals surface area contributed by atoms with Gasteiger partial charge in [-0.2, -0.15) is 0 Å². The molecule has 0 spiro atoms. The smallest absolute Gasteiger partial charge is 0.338 e. The Morgan fingerprint density at radius 1 is 1.43 bits per heavy atom. The van der Waals surface area contributed by atoms with Crippen LogP contribution >= 0.6 is 34.8 Å². The van der Waals surface area contributed by atoms with Gasteiger partial charge in [-0.25, -0.2) is 4.79 Å². The number of carbonyl (C=O) groups is 1. The molecule has 1 aromatic carbocycles. The van der Waals surface area contributed by atoms with Gasteiger partial charge < -0.3 is 4.74 Å². The zero-order valence-corrected chi connectivity index (χ0v) is 9.53. The molecule has 5 heteroatoms. The third-order valence-electron chi connectivity index (χ3n) is 1.66. The molecular formula is C9H7Cl3O2. The first kappa shape index (κ1) is 11.6. The zero-order valence-electron chi connectivity index (χ0n) is 7.26. The molecule has 14 heavy (non-hydrogen) atoms. The summed E-state index contributed by atoms with van der Waals surface area (Å²) in [5.74, 6) is -0.506. The van der Waals surface area contributed by atoms with Crippen LogP contribution in [0, 0.1) is 0 Å². The van der Waals surface area contributed by atoms with Crippen molar-refractivity contribution in [2.45, 2.75) is 4.84 Å². The highest BCUT2D eigenvalue weighted by Gasteiger charge is 2.16. The molecule has 0 N–H and O–H groups in total. The van der Waals surface area contributed by atoms with Crippen LogP contribution in [0.1, 0.15) is 20.8 Å². The van der Waals surface area contributed by atoms with Gasteiger partial charge in [0.1, 0.15) is 4.84 Å². The monoisotopic (exact) mass is 252 g/mol. The largest absolute Gasteiger partial charge is 0.465 e. The van der Waals surface area contributed by atoms with Gasteiger partial charge >= 0.3 is 5.97 Å². The Kier molecular flexibility index (Phi) is 4.05. The summed E-state index contributed by atoms with van der Waals surface area (Å²) in [6, 6.07) is 4.68. The molecular weight excluding hydrogens is 246 g/mol. The van der Waals surface area contributed by atoms with E-state index in [4.69, 9.17) is 34.8 Å². The van der Waals surface area contributed by atoms with Gasteiger partial charge in [0.15, 0.2) is 0 Å². The lowest BCUT2D eigenvalue weighted by atomic mass is 10.1. The van der Waals surface area contributed by atoms with E-state index in [1.165, 1.54) is 13.2 Å². The molecule has 0 saturated heterocycles. The van der Waals surface area contributed by atoms with E-state index in [1.54, 1.807) is 12.1 Å². The molecule has 0 atom stereocenters. The number of hydrogen-bond acceptors (Lipinski definition) is 2. The minimum Gasteiger partial charge on any atom is -0.465 e. The number of hydrogen-bond donors (Lipinski definition) is 0. The van der Waals surface area contributed by atoms with Gasteiger partial charge in [0.25, 0.3) is 0 Å². The molecule has 76 valence electrons. The van der Waals surface area contributed by atoms with Crippen molar-refractivity contribution < 1.29 is 9.53 Å². The van der Waals surface area contributed by atoms with Crippen molar-refractivity contribution in [3.63, 3.8) is 0 Å². The number of rotatable bonds is 2. The Balaban J connectivity index is 3.22. The fourth-order valence-electron chi connectivity index (χ4n) is 1.01. The lowest BCUT2D eigenvalue weighted by Gasteiger charge is -2.08. The van der Waals surface area contributed by atoms with Crippen molar-refractivity contribution in [1.82, 2.24) is 0 Å². The first-order valence-corrected chi connectivity index (χ1v) is 4.97. The number of benzene rings is 1. The maximum Gasteiger partial charge on any atom is 0.338 e. The number of halogens is 3. The second-order valence-electron chi connectivity index (χ2n) is 2.52. The summed E-state index contributed by atoms with van der Waals surface area (Å²) < 4.78 is 4.57. The normalized spacial score (nSPS) is 10.4. The molecule has 0 fully saturated rings. The highest BCUT2D eigenvalue weighted by atomic mass is 35.5. The van der Waals surface area contributed by atoms with Crippen LogP contribution < -0.4 is 0 Å². The maximum atomic E-state index is 11.3. The van der Waals surface area contributed by atoms with Crippen LogP contribution in [-0.4, -0.2) is 13.1 Å². The standard InChI is InChI=1S/C9H7Cl3O2/c1-14-9(13)7-4-5(10)2-3-6(7)8(11)12/h2-4,8H,1H3. The molecule has 0 aliphatic heterocycles. The molecule has 1 aromatic rings. The van der Waals surface area contributed by atoms with Crippen LogP contribution in [0.4, 0.5) is 0 Å². The van der Waals surface area contributed by atoms with Crippen LogP contribution in [0.3, 0.4) is 0 Å². The molecule has 0 amide bonds. The molecule has 1 rings (SSSR count). The zero-order chi connectivity index (χ0) is 10.7. The highest BCUT2D eigenvalue weighted by Crippen LogP contribution is 2.29. The van der Waals surface area contributed by atoms with Gasteiger partial charge in [0, 0.05) is 5.02 Å². The summed E-state index contributed by atoms with van der Waals surface area (Å²) >= 11 is 17.1. The second-order valence-corrected chi connectivity index (χ2v) is 4.06. The Bertz CT molecular complexity index is 350. The summed E-state index contributed by atoms with van der Waals surface area (Å²) in [4.78, 5) is 10.5. The lowest BCUT2D eigenvalue weighted by Crippen LogP contribution is -2.05. The van der Waals surface area contributed by atoms with Crippen molar-refractivity contribution in [2.24, 2.45) is 0 Å². The first-order valence-electron chi connectivity index (χ1n) is 3.72. The van der Waals surface area contributed by atoms with E-state index in [9.17, 15) is 4.79 Å². The van der Waals surface area contributed by atoms with E-state index in [1.807, 2.05) is 0 Å². The number of alkyl halides is 2. The molecule has 0 unspecified atom stereocenters. The van der Waals surface area contributed by atoms with Crippen molar-refractivity contribution in [3.05, 3.63) is 34.3 Å². The van der Waals surface area contributed by atoms with Crippen LogP contribution in [0.5, 0.6) is 0 Å². The van der Waals surface area contributed by atoms with Crippen molar-refractivity contribution >= 4 is 40.8 Å². The number of ether oxygens (including phenoxy) is 1. The highest BCUT2D eigenvalue weighted by molar-refractivity contribution is 6.44. The van der Waals surface area contributed by atoms with Crippen molar-refractivity contribution in [1.29, 1.82) is 0 Å². The quantitative estimate of drug-likeness (QED) is 0.594. The maximum absolute atomic E-state index is 11.3. The molecule has 0 aliphatic carbocycles. The third kappa shape index (κ3) is 2.53. The van der Waals surface area contributed by atoms with Gasteiger partial charge in [-0.3, -0.25) is 0 Å². The predicted octanol–water partition coefficient (Wildman–Crippen LogP) is 3.60. The molecule has 0 heterocycles. The van der Waals surface area contributed by atoms with Crippen LogP contribution in [-0.2, 0) is 4.74 Å². The average molecular weight is 254 g/mol. The van der Waals surface area contributed by atoms with Crippen LogP contribution in [0.2, 0.25) is 5.02 Å². The Labute approximate surface area is 96.7 Å². The fourth-order valence-corrected chi connectivity index (χ4v) is 1.56. The van der Waals surface area contributed by atoms with Crippen LogP contribution in [0.25, 0.3) is 0 Å². The SMILES string of the molecule is COC(=O)c1cc(Cl)ccc1C(Cl)Cl. The third-order valence-corrected chi connectivity index (χ3v) is 2.36. The van der Waals surface area contributed by atoms with Gasteiger partial charge in [0.2, 0.25) is 0 Å². The molecule has 0 aromatic heterocycles. The molecule has 0 bridgehead atoms. The molecule has 0 saturated carbocycles. The van der Waals surface area contributed by atoms with Gasteiger partial charge in [0.05, 0.1) is 12.7 Å². The topological polar surface area (TPSA) is 26.3 Å². The van der Waals surface area contributed by atoms with Gasteiger partial charge in [-0.1, -0.05) is 17.7 Å². The summed E-state index contributed by atoms with van der Waals surface area (Å²) in [5, 5.41) is 0.433. The molecule has 2 nitrogen and oxygen atoms in total. The fraction of sp³-hybridized carbons (Fsp3) is 0.222. The Morgan fingerprint density at radius 2 is 2.07 bits per heavy atom. The second kappa shape index (κ2) is 4.87. The van der Waals surface area contributed by atoms with E-state index in [-0.39, 0.29) is 5.56 Å². The van der Waals surface area contributed by atoms with Gasteiger partial charge in [-0.15, -0.1) is 23.2 Å². The average Bonchev–Trinajstić information content (AvgIpc) is 2.16. The predicted molar refractivity (Wildman–Crippen MR) is 57.2 cm³/mol. The summed E-state index contributed by atoms with van der Waals surface area (Å²) in [5.41, 5.74) is 0.777. The number of esters is 1. The van der Waals surface area contributed by atoms with E-state index >= 15 is 0 Å². The lowest BCUT2D eigenvalue weighted by molar-refractivity contribution is 0.0599.